The number of hydrogen-bond donors (Lipinski definition) is 1. The molecule has 0 bridgehead atoms. The molecular formula is C13H17NO2S. The summed E-state index contributed by atoms with van der Waals surface area (Å²) in [7, 11) is 0. The van der Waals surface area contributed by atoms with Gasteiger partial charge in [-0.15, -0.1) is 11.8 Å². The first kappa shape index (κ1) is 13.6. The van der Waals surface area contributed by atoms with E-state index in [1.54, 1.807) is 11.8 Å². The normalized spacial score (nSPS) is 9.59. The highest BCUT2D eigenvalue weighted by Gasteiger charge is 2.01. The highest BCUT2D eigenvalue weighted by molar-refractivity contribution is 7.98. The fraction of sp³-hybridized carbons (Fsp3) is 0.308. The molecule has 0 saturated heterocycles. The van der Waals surface area contributed by atoms with Gasteiger partial charge in [0.15, 0.2) is 0 Å². The summed E-state index contributed by atoms with van der Waals surface area (Å²) in [6, 6.07) is 7.62. The third-order valence-corrected chi connectivity index (χ3v) is 2.79. The van der Waals surface area contributed by atoms with E-state index in [2.05, 4.69) is 5.32 Å². The minimum Gasteiger partial charge on any atom is -0.445 e. The smallest absolute Gasteiger partial charge is 0.411 e. The number of anilines is 1. The summed E-state index contributed by atoms with van der Waals surface area (Å²) in [5.74, 6) is 0. The summed E-state index contributed by atoms with van der Waals surface area (Å²) < 4.78 is 4.98. The van der Waals surface area contributed by atoms with Crippen molar-refractivity contribution in [2.75, 3.05) is 18.2 Å². The molecule has 1 aromatic rings. The molecule has 0 spiro atoms. The van der Waals surface area contributed by atoms with Crippen molar-refractivity contribution in [2.45, 2.75) is 18.7 Å². The summed E-state index contributed by atoms with van der Waals surface area (Å²) in [5, 5.41) is 2.67. The zero-order valence-electron chi connectivity index (χ0n) is 10.3. The highest BCUT2D eigenvalue weighted by Crippen LogP contribution is 2.17. The van der Waals surface area contributed by atoms with Gasteiger partial charge in [0, 0.05) is 10.6 Å². The molecule has 0 aliphatic carbocycles. The molecule has 0 aliphatic rings. The van der Waals surface area contributed by atoms with E-state index >= 15 is 0 Å². The van der Waals surface area contributed by atoms with Crippen molar-refractivity contribution in [2.24, 2.45) is 0 Å². The van der Waals surface area contributed by atoms with E-state index in [1.807, 2.05) is 50.4 Å². The quantitative estimate of drug-likeness (QED) is 0.651. The van der Waals surface area contributed by atoms with Crippen LogP contribution in [0.4, 0.5) is 10.5 Å². The van der Waals surface area contributed by atoms with Crippen LogP contribution in [0.25, 0.3) is 0 Å². The zero-order valence-corrected chi connectivity index (χ0v) is 11.1. The molecule has 4 heteroatoms. The Bertz CT molecular complexity index is 394. The third-order valence-electron chi connectivity index (χ3n) is 2.04. The number of carbonyl (C=O) groups excluding carboxylic acids is 1. The highest BCUT2D eigenvalue weighted by atomic mass is 32.2. The molecule has 1 N–H and O–H groups in total. The number of hydrogen-bond acceptors (Lipinski definition) is 3. The van der Waals surface area contributed by atoms with Gasteiger partial charge in [-0.05, 0) is 50.4 Å². The van der Waals surface area contributed by atoms with Gasteiger partial charge in [0.05, 0.1) is 0 Å². The fourth-order valence-electron chi connectivity index (χ4n) is 1.11. The maximum Gasteiger partial charge on any atom is 0.411 e. The van der Waals surface area contributed by atoms with Gasteiger partial charge in [-0.3, -0.25) is 5.32 Å². The van der Waals surface area contributed by atoms with Crippen molar-refractivity contribution in [3.05, 3.63) is 35.9 Å². The Labute approximate surface area is 106 Å². The van der Waals surface area contributed by atoms with E-state index in [9.17, 15) is 4.79 Å². The van der Waals surface area contributed by atoms with Crippen LogP contribution in [0, 0.1) is 0 Å². The molecule has 92 valence electrons. The van der Waals surface area contributed by atoms with Crippen molar-refractivity contribution >= 4 is 23.5 Å². The number of carbonyl (C=O) groups is 1. The minimum atomic E-state index is -0.431. The maximum absolute atomic E-state index is 11.4. The van der Waals surface area contributed by atoms with E-state index < -0.39 is 6.09 Å². The number of allylic oxidation sites excluding steroid dienone is 1. The molecule has 3 nitrogen and oxygen atoms in total. The Kier molecular flexibility index (Phi) is 5.63. The minimum absolute atomic E-state index is 0.303. The number of ether oxygens (including phenoxy) is 1. The van der Waals surface area contributed by atoms with Crippen LogP contribution in [-0.4, -0.2) is 19.0 Å². The van der Waals surface area contributed by atoms with Crippen LogP contribution in [0.3, 0.4) is 0 Å². The van der Waals surface area contributed by atoms with Crippen LogP contribution in [0.15, 0.2) is 40.8 Å². The van der Waals surface area contributed by atoms with Crippen molar-refractivity contribution in [1.29, 1.82) is 0 Å². The van der Waals surface area contributed by atoms with Crippen LogP contribution in [-0.2, 0) is 4.74 Å². The largest absolute Gasteiger partial charge is 0.445 e. The predicted molar refractivity (Wildman–Crippen MR) is 72.6 cm³/mol. The molecule has 0 atom stereocenters. The van der Waals surface area contributed by atoms with Crippen LogP contribution >= 0.6 is 11.8 Å². The molecule has 0 saturated carbocycles. The first-order valence-electron chi connectivity index (χ1n) is 5.33. The lowest BCUT2D eigenvalue weighted by molar-refractivity contribution is 0.174. The summed E-state index contributed by atoms with van der Waals surface area (Å²) in [6.45, 7) is 4.22. The standard InChI is InChI=1S/C13H17NO2S/c1-10(2)8-9-16-13(15)14-11-4-6-12(17-3)7-5-11/h4-8H,9H2,1-3H3,(H,14,15). The molecule has 0 fully saturated rings. The van der Waals surface area contributed by atoms with Gasteiger partial charge in [0.1, 0.15) is 6.61 Å². The lowest BCUT2D eigenvalue weighted by Crippen LogP contribution is -2.13. The van der Waals surface area contributed by atoms with E-state index in [1.165, 1.54) is 0 Å². The molecular weight excluding hydrogens is 234 g/mol. The van der Waals surface area contributed by atoms with Gasteiger partial charge in [-0.25, -0.2) is 4.79 Å². The van der Waals surface area contributed by atoms with E-state index in [0.29, 0.717) is 6.61 Å². The third kappa shape index (κ3) is 5.45. The van der Waals surface area contributed by atoms with Gasteiger partial charge in [-0.1, -0.05) is 5.57 Å². The van der Waals surface area contributed by atoms with E-state index in [0.717, 1.165) is 16.2 Å². The average molecular weight is 251 g/mol. The van der Waals surface area contributed by atoms with E-state index in [4.69, 9.17) is 4.74 Å². The Morgan fingerprint density at radius 3 is 2.53 bits per heavy atom. The van der Waals surface area contributed by atoms with Crippen molar-refractivity contribution in [1.82, 2.24) is 0 Å². The summed E-state index contributed by atoms with van der Waals surface area (Å²) in [6.07, 6.45) is 3.44. The van der Waals surface area contributed by atoms with Crippen molar-refractivity contribution in [3.8, 4) is 0 Å². The first-order valence-corrected chi connectivity index (χ1v) is 6.55. The molecule has 0 radical (unpaired) electrons. The molecule has 0 unspecified atom stereocenters. The predicted octanol–water partition coefficient (Wildman–Crippen LogP) is 3.92. The fourth-order valence-corrected chi connectivity index (χ4v) is 1.52. The van der Waals surface area contributed by atoms with Crippen LogP contribution in [0.2, 0.25) is 0 Å². The van der Waals surface area contributed by atoms with Gasteiger partial charge in [0.2, 0.25) is 0 Å². The monoisotopic (exact) mass is 251 g/mol. The number of amides is 1. The second-order valence-corrected chi connectivity index (χ2v) is 4.61. The van der Waals surface area contributed by atoms with Gasteiger partial charge in [0.25, 0.3) is 0 Å². The molecule has 0 aromatic heterocycles. The molecule has 1 aromatic carbocycles. The van der Waals surface area contributed by atoms with Crippen molar-refractivity contribution < 1.29 is 9.53 Å². The SMILES string of the molecule is CSc1ccc(NC(=O)OCC=C(C)C)cc1. The van der Waals surface area contributed by atoms with Gasteiger partial charge < -0.3 is 4.74 Å². The van der Waals surface area contributed by atoms with Crippen LogP contribution < -0.4 is 5.32 Å². The molecule has 0 aliphatic heterocycles. The summed E-state index contributed by atoms with van der Waals surface area (Å²) in [5.41, 5.74) is 1.87. The Balaban J connectivity index is 2.42. The lowest BCUT2D eigenvalue weighted by Gasteiger charge is -2.05. The van der Waals surface area contributed by atoms with Gasteiger partial charge in [-0.2, -0.15) is 0 Å². The molecule has 1 amide bonds. The topological polar surface area (TPSA) is 38.3 Å². The van der Waals surface area contributed by atoms with Crippen molar-refractivity contribution in [3.63, 3.8) is 0 Å². The lowest BCUT2D eigenvalue weighted by atomic mass is 10.3. The average Bonchev–Trinajstić information content (AvgIpc) is 2.29. The molecule has 0 heterocycles. The van der Waals surface area contributed by atoms with E-state index in [-0.39, 0.29) is 0 Å². The number of benzene rings is 1. The first-order chi connectivity index (χ1) is 8.11. The Hall–Kier alpha value is -1.42. The number of thioether (sulfide) groups is 1. The Morgan fingerprint density at radius 1 is 1.35 bits per heavy atom. The van der Waals surface area contributed by atoms with Crippen LogP contribution in [0.1, 0.15) is 13.8 Å². The maximum atomic E-state index is 11.4. The summed E-state index contributed by atoms with van der Waals surface area (Å²) >= 11 is 1.66. The second-order valence-electron chi connectivity index (χ2n) is 3.73. The summed E-state index contributed by atoms with van der Waals surface area (Å²) in [4.78, 5) is 12.5. The molecule has 1 rings (SSSR count). The molecule has 17 heavy (non-hydrogen) atoms. The zero-order chi connectivity index (χ0) is 12.7. The van der Waals surface area contributed by atoms with Crippen LogP contribution in [0.5, 0.6) is 0 Å². The Morgan fingerprint density at radius 2 is 2.00 bits per heavy atom. The second kappa shape index (κ2) is 7.01. The van der Waals surface area contributed by atoms with Gasteiger partial charge >= 0.3 is 6.09 Å². The number of rotatable bonds is 4. The number of nitrogens with one attached hydrogen (secondary N) is 1.